The lowest BCUT2D eigenvalue weighted by atomic mass is 10.1. The van der Waals surface area contributed by atoms with Crippen LogP contribution in [0.25, 0.3) is 6.08 Å². The second-order valence-corrected chi connectivity index (χ2v) is 4.55. The molecule has 0 atom stereocenters. The zero-order chi connectivity index (χ0) is 13.5. The highest BCUT2D eigenvalue weighted by atomic mass is 16.5. The number of hydrogen-bond donors (Lipinski definition) is 0. The molecule has 0 aliphatic heterocycles. The van der Waals surface area contributed by atoms with E-state index in [0.29, 0.717) is 12.2 Å². The van der Waals surface area contributed by atoms with Gasteiger partial charge in [0.1, 0.15) is 5.75 Å². The van der Waals surface area contributed by atoms with E-state index < -0.39 is 0 Å². The van der Waals surface area contributed by atoms with Crippen LogP contribution in [0.4, 0.5) is 0 Å². The van der Waals surface area contributed by atoms with Crippen LogP contribution in [0.15, 0.2) is 30.3 Å². The first-order valence-electron chi connectivity index (χ1n) is 5.97. The molecule has 1 rings (SSSR count). The molecule has 96 valence electrons. The van der Waals surface area contributed by atoms with Crippen LogP contribution in [0.1, 0.15) is 32.8 Å². The Balaban J connectivity index is 2.82. The van der Waals surface area contributed by atoms with Crippen molar-refractivity contribution in [3.63, 3.8) is 0 Å². The van der Waals surface area contributed by atoms with E-state index >= 15 is 0 Å². The fourth-order valence-electron chi connectivity index (χ4n) is 1.42. The minimum Gasteiger partial charge on any atom is -0.426 e. The molecule has 0 amide bonds. The largest absolute Gasteiger partial charge is 0.426 e. The number of carbonyl (C=O) groups is 2. The van der Waals surface area contributed by atoms with Gasteiger partial charge in [-0.1, -0.05) is 32.0 Å². The van der Waals surface area contributed by atoms with Crippen molar-refractivity contribution in [1.82, 2.24) is 0 Å². The first-order chi connectivity index (χ1) is 8.49. The number of benzene rings is 1. The van der Waals surface area contributed by atoms with Gasteiger partial charge in [-0.15, -0.1) is 0 Å². The lowest BCUT2D eigenvalue weighted by Gasteiger charge is -2.08. The standard InChI is InChI=1S/C15H18O3/c1-11(2)10-15(17)18-14-7-5-4-6-13(14)9-8-12(3)16/h4-9,11H,10H2,1-3H3/b9-8-. The molecular formula is C15H18O3. The van der Waals surface area contributed by atoms with Crippen LogP contribution >= 0.6 is 0 Å². The maximum absolute atomic E-state index is 11.6. The lowest BCUT2D eigenvalue weighted by Crippen LogP contribution is -2.11. The minimum atomic E-state index is -0.256. The first-order valence-corrected chi connectivity index (χ1v) is 5.97. The molecule has 0 aromatic heterocycles. The van der Waals surface area contributed by atoms with E-state index in [4.69, 9.17) is 4.74 Å². The Hall–Kier alpha value is -1.90. The topological polar surface area (TPSA) is 43.4 Å². The third-order valence-corrected chi connectivity index (χ3v) is 2.22. The Morgan fingerprint density at radius 3 is 2.56 bits per heavy atom. The fourth-order valence-corrected chi connectivity index (χ4v) is 1.42. The van der Waals surface area contributed by atoms with Crippen molar-refractivity contribution >= 4 is 17.8 Å². The summed E-state index contributed by atoms with van der Waals surface area (Å²) in [7, 11) is 0. The molecule has 0 fully saturated rings. The number of hydrogen-bond acceptors (Lipinski definition) is 3. The Morgan fingerprint density at radius 2 is 1.94 bits per heavy atom. The molecule has 1 aromatic rings. The van der Waals surface area contributed by atoms with E-state index in [1.165, 1.54) is 13.0 Å². The maximum atomic E-state index is 11.6. The van der Waals surface area contributed by atoms with Crippen molar-refractivity contribution < 1.29 is 14.3 Å². The molecule has 0 unspecified atom stereocenters. The van der Waals surface area contributed by atoms with Gasteiger partial charge in [-0.2, -0.15) is 0 Å². The molecule has 0 heterocycles. The molecule has 3 nitrogen and oxygen atoms in total. The van der Waals surface area contributed by atoms with Crippen LogP contribution < -0.4 is 4.74 Å². The van der Waals surface area contributed by atoms with Gasteiger partial charge in [-0.3, -0.25) is 9.59 Å². The lowest BCUT2D eigenvalue weighted by molar-refractivity contribution is -0.135. The van der Waals surface area contributed by atoms with E-state index in [-0.39, 0.29) is 17.7 Å². The number of allylic oxidation sites excluding steroid dienone is 1. The van der Waals surface area contributed by atoms with Gasteiger partial charge in [0, 0.05) is 12.0 Å². The molecule has 0 radical (unpaired) electrons. The summed E-state index contributed by atoms with van der Waals surface area (Å²) < 4.78 is 5.29. The quantitative estimate of drug-likeness (QED) is 0.455. The molecule has 3 heteroatoms. The molecule has 18 heavy (non-hydrogen) atoms. The highest BCUT2D eigenvalue weighted by Gasteiger charge is 2.09. The van der Waals surface area contributed by atoms with Gasteiger partial charge in [0.2, 0.25) is 0 Å². The van der Waals surface area contributed by atoms with E-state index in [9.17, 15) is 9.59 Å². The van der Waals surface area contributed by atoms with Gasteiger partial charge in [-0.05, 0) is 31.1 Å². The summed E-state index contributed by atoms with van der Waals surface area (Å²) in [5.41, 5.74) is 0.727. The highest BCUT2D eigenvalue weighted by Crippen LogP contribution is 2.20. The number of carbonyl (C=O) groups excluding carboxylic acids is 2. The Kier molecular flexibility index (Phi) is 5.31. The van der Waals surface area contributed by atoms with Gasteiger partial charge in [-0.25, -0.2) is 0 Å². The number of ketones is 1. The van der Waals surface area contributed by atoms with Crippen molar-refractivity contribution in [2.45, 2.75) is 27.2 Å². The minimum absolute atomic E-state index is 0.0432. The second-order valence-electron chi connectivity index (χ2n) is 4.55. The molecular weight excluding hydrogens is 228 g/mol. The van der Waals surface area contributed by atoms with Gasteiger partial charge in [0.05, 0.1) is 0 Å². The predicted octanol–water partition coefficient (Wildman–Crippen LogP) is 3.24. The summed E-state index contributed by atoms with van der Waals surface area (Å²) in [6.45, 7) is 5.40. The Labute approximate surface area is 107 Å². The van der Waals surface area contributed by atoms with Crippen molar-refractivity contribution in [3.8, 4) is 5.75 Å². The number of para-hydroxylation sites is 1. The van der Waals surface area contributed by atoms with Gasteiger partial charge < -0.3 is 4.74 Å². The second kappa shape index (κ2) is 6.74. The molecule has 0 saturated heterocycles. The summed E-state index contributed by atoms with van der Waals surface area (Å²) >= 11 is 0. The maximum Gasteiger partial charge on any atom is 0.311 e. The number of ether oxygens (including phenoxy) is 1. The van der Waals surface area contributed by atoms with Crippen molar-refractivity contribution in [2.24, 2.45) is 5.92 Å². The third-order valence-electron chi connectivity index (χ3n) is 2.22. The van der Waals surface area contributed by atoms with Crippen LogP contribution in [0.2, 0.25) is 0 Å². The summed E-state index contributed by atoms with van der Waals surface area (Å²) in [4.78, 5) is 22.5. The number of esters is 1. The third kappa shape index (κ3) is 4.95. The van der Waals surface area contributed by atoms with Gasteiger partial charge in [0.25, 0.3) is 0 Å². The smallest absolute Gasteiger partial charge is 0.311 e. The summed E-state index contributed by atoms with van der Waals surface area (Å²) in [5.74, 6) is 0.449. The predicted molar refractivity (Wildman–Crippen MR) is 71.2 cm³/mol. The zero-order valence-corrected chi connectivity index (χ0v) is 11.0. The van der Waals surface area contributed by atoms with Gasteiger partial charge >= 0.3 is 5.97 Å². The van der Waals surface area contributed by atoms with Crippen molar-refractivity contribution in [2.75, 3.05) is 0 Å². The van der Waals surface area contributed by atoms with Crippen LogP contribution in [-0.2, 0) is 9.59 Å². The summed E-state index contributed by atoms with van der Waals surface area (Å²) in [6, 6.07) is 7.15. The summed E-state index contributed by atoms with van der Waals surface area (Å²) in [5, 5.41) is 0. The van der Waals surface area contributed by atoms with Crippen molar-refractivity contribution in [1.29, 1.82) is 0 Å². The highest BCUT2D eigenvalue weighted by molar-refractivity contribution is 5.92. The zero-order valence-electron chi connectivity index (χ0n) is 11.0. The Morgan fingerprint density at radius 1 is 1.28 bits per heavy atom. The van der Waals surface area contributed by atoms with Gasteiger partial charge in [0.15, 0.2) is 5.78 Å². The molecule has 0 saturated carbocycles. The monoisotopic (exact) mass is 246 g/mol. The molecule has 0 spiro atoms. The summed E-state index contributed by atoms with van der Waals surface area (Å²) in [6.07, 6.45) is 3.49. The van der Waals surface area contributed by atoms with Crippen LogP contribution in [0, 0.1) is 5.92 Å². The molecule has 0 aliphatic rings. The van der Waals surface area contributed by atoms with Crippen molar-refractivity contribution in [3.05, 3.63) is 35.9 Å². The van der Waals surface area contributed by atoms with E-state index in [0.717, 1.165) is 5.56 Å². The van der Waals surface area contributed by atoms with E-state index in [1.807, 2.05) is 19.9 Å². The average molecular weight is 246 g/mol. The van der Waals surface area contributed by atoms with E-state index in [2.05, 4.69) is 0 Å². The Bertz CT molecular complexity index is 459. The SMILES string of the molecule is CC(=O)/C=C\c1ccccc1OC(=O)CC(C)C. The molecule has 0 aliphatic carbocycles. The average Bonchev–Trinajstić information content (AvgIpc) is 2.26. The molecule has 1 aromatic carbocycles. The number of rotatable bonds is 5. The fraction of sp³-hybridized carbons (Fsp3) is 0.333. The van der Waals surface area contributed by atoms with Crippen LogP contribution in [0.3, 0.4) is 0 Å². The van der Waals surface area contributed by atoms with Crippen LogP contribution in [0.5, 0.6) is 5.75 Å². The van der Waals surface area contributed by atoms with Crippen LogP contribution in [-0.4, -0.2) is 11.8 Å². The molecule has 0 bridgehead atoms. The normalized spacial score (nSPS) is 10.9. The molecule has 0 N–H and O–H groups in total. The van der Waals surface area contributed by atoms with E-state index in [1.54, 1.807) is 24.3 Å². The first kappa shape index (κ1) is 14.2.